The Morgan fingerprint density at radius 2 is 2.22 bits per heavy atom. The van der Waals surface area contributed by atoms with Gasteiger partial charge in [0.1, 0.15) is 11.4 Å². The van der Waals surface area contributed by atoms with Gasteiger partial charge in [-0.25, -0.2) is 14.8 Å². The molecule has 1 aliphatic heterocycles. The van der Waals surface area contributed by atoms with Gasteiger partial charge in [-0.3, -0.25) is 0 Å². The minimum Gasteiger partial charge on any atom is -0.480 e. The van der Waals surface area contributed by atoms with Crippen LogP contribution in [0.2, 0.25) is 0 Å². The molecule has 4 aromatic rings. The number of carbonyl (C=O) groups is 1. The van der Waals surface area contributed by atoms with Crippen molar-refractivity contribution in [1.29, 1.82) is 0 Å². The highest BCUT2D eigenvalue weighted by Gasteiger charge is 2.23. The standard InChI is InChI=1S/C23H22N4O3S2/c1-13-16(4-2-15(26-13)10-30-11-22(28)29)21-9-17-18(6-7-24-23(17)32-21)27-14-3-5-20-19(8-14)25-12-31-20/h3-9,12-13,15,26H,2,10-11H2,1H3,(H,24,27)(H,28,29). The van der Waals surface area contributed by atoms with E-state index < -0.39 is 5.97 Å². The van der Waals surface area contributed by atoms with Crippen LogP contribution in [0.25, 0.3) is 26.0 Å². The van der Waals surface area contributed by atoms with Crippen molar-refractivity contribution in [2.24, 2.45) is 0 Å². The molecule has 0 saturated heterocycles. The molecule has 2 unspecified atom stereocenters. The van der Waals surface area contributed by atoms with Gasteiger partial charge in [0.15, 0.2) is 0 Å². The fraction of sp³-hybridized carbons (Fsp3) is 0.261. The van der Waals surface area contributed by atoms with Crippen LogP contribution < -0.4 is 10.6 Å². The molecule has 0 bridgehead atoms. The topological polar surface area (TPSA) is 96.4 Å². The molecule has 0 aliphatic carbocycles. The van der Waals surface area contributed by atoms with E-state index in [-0.39, 0.29) is 18.7 Å². The quantitative estimate of drug-likeness (QED) is 0.357. The number of carboxylic acids is 1. The fourth-order valence-corrected chi connectivity index (χ4v) is 5.77. The highest BCUT2D eigenvalue weighted by atomic mass is 32.1. The summed E-state index contributed by atoms with van der Waals surface area (Å²) in [6, 6.07) is 10.7. The maximum absolute atomic E-state index is 10.6. The second-order valence-corrected chi connectivity index (χ2v) is 9.65. The first-order valence-electron chi connectivity index (χ1n) is 10.3. The summed E-state index contributed by atoms with van der Waals surface area (Å²) >= 11 is 3.32. The smallest absolute Gasteiger partial charge is 0.329 e. The summed E-state index contributed by atoms with van der Waals surface area (Å²) in [5, 5.41) is 16.9. The molecule has 1 aromatic carbocycles. The van der Waals surface area contributed by atoms with Crippen molar-refractivity contribution < 1.29 is 14.6 Å². The molecule has 5 rings (SSSR count). The monoisotopic (exact) mass is 466 g/mol. The van der Waals surface area contributed by atoms with Crippen LogP contribution in [0.1, 0.15) is 18.2 Å². The largest absolute Gasteiger partial charge is 0.480 e. The third-order valence-electron chi connectivity index (χ3n) is 5.45. The summed E-state index contributed by atoms with van der Waals surface area (Å²) in [5.74, 6) is -0.946. The number of aromatic nitrogens is 2. The Labute approximate surface area is 192 Å². The molecule has 2 atom stereocenters. The molecule has 3 aromatic heterocycles. The van der Waals surface area contributed by atoms with E-state index in [2.05, 4.69) is 57.9 Å². The second-order valence-electron chi connectivity index (χ2n) is 7.74. The Kier molecular flexibility index (Phi) is 5.88. The predicted molar refractivity (Wildman–Crippen MR) is 130 cm³/mol. The summed E-state index contributed by atoms with van der Waals surface area (Å²) in [7, 11) is 0. The lowest BCUT2D eigenvalue weighted by molar-refractivity contribution is -0.142. The van der Waals surface area contributed by atoms with Crippen LogP contribution in [0.5, 0.6) is 0 Å². The Morgan fingerprint density at radius 3 is 3.06 bits per heavy atom. The van der Waals surface area contributed by atoms with E-state index in [0.29, 0.717) is 6.61 Å². The Hall–Kier alpha value is -2.85. The Bertz CT molecular complexity index is 1310. The molecule has 3 N–H and O–H groups in total. The van der Waals surface area contributed by atoms with E-state index >= 15 is 0 Å². The van der Waals surface area contributed by atoms with E-state index in [0.717, 1.165) is 33.5 Å². The highest BCUT2D eigenvalue weighted by molar-refractivity contribution is 7.19. The van der Waals surface area contributed by atoms with Crippen molar-refractivity contribution in [3.63, 3.8) is 0 Å². The number of thiophene rings is 1. The zero-order valence-corrected chi connectivity index (χ0v) is 19.0. The number of thiazole rings is 1. The van der Waals surface area contributed by atoms with Crippen LogP contribution in [0.4, 0.5) is 11.4 Å². The number of aliphatic carboxylic acids is 1. The number of hydrogen-bond acceptors (Lipinski definition) is 8. The molecule has 0 fully saturated rings. The minimum absolute atomic E-state index is 0.110. The Morgan fingerprint density at radius 1 is 1.31 bits per heavy atom. The molecule has 1 aliphatic rings. The first-order chi connectivity index (χ1) is 15.6. The normalized spacial score (nSPS) is 18.7. The zero-order valence-electron chi connectivity index (χ0n) is 17.4. The van der Waals surface area contributed by atoms with E-state index in [4.69, 9.17) is 9.84 Å². The third-order valence-corrected chi connectivity index (χ3v) is 7.35. The molecule has 0 spiro atoms. The summed E-state index contributed by atoms with van der Waals surface area (Å²) in [4.78, 5) is 21.8. The fourth-order valence-electron chi connectivity index (χ4n) is 3.96. The third kappa shape index (κ3) is 4.37. The van der Waals surface area contributed by atoms with E-state index in [1.807, 2.05) is 17.8 Å². The molecule has 7 nitrogen and oxygen atoms in total. The summed E-state index contributed by atoms with van der Waals surface area (Å²) in [5.41, 5.74) is 6.10. The summed E-state index contributed by atoms with van der Waals surface area (Å²) < 4.78 is 6.43. The van der Waals surface area contributed by atoms with Gasteiger partial charge in [0.25, 0.3) is 0 Å². The van der Waals surface area contributed by atoms with Crippen LogP contribution in [0, 0.1) is 0 Å². The SMILES string of the molecule is CC1NC(COCC(=O)O)CC=C1c1cc2c(Nc3ccc4scnc4c3)ccnc2s1. The molecule has 0 radical (unpaired) electrons. The lowest BCUT2D eigenvalue weighted by Crippen LogP contribution is -2.43. The molecule has 0 saturated carbocycles. The number of anilines is 2. The van der Waals surface area contributed by atoms with Crippen molar-refractivity contribution in [1.82, 2.24) is 15.3 Å². The highest BCUT2D eigenvalue weighted by Crippen LogP contribution is 2.37. The van der Waals surface area contributed by atoms with Crippen molar-refractivity contribution in [3.05, 3.63) is 53.0 Å². The Balaban J connectivity index is 1.37. The van der Waals surface area contributed by atoms with E-state index in [9.17, 15) is 4.79 Å². The molecule has 4 heterocycles. The van der Waals surface area contributed by atoms with Gasteiger partial charge < -0.3 is 20.5 Å². The lowest BCUT2D eigenvalue weighted by atomic mass is 9.97. The van der Waals surface area contributed by atoms with Gasteiger partial charge in [-0.05, 0) is 49.2 Å². The molecular formula is C23H22N4O3S2. The van der Waals surface area contributed by atoms with Gasteiger partial charge in [0.05, 0.1) is 28.0 Å². The van der Waals surface area contributed by atoms with Gasteiger partial charge in [-0.1, -0.05) is 6.08 Å². The van der Waals surface area contributed by atoms with Crippen LogP contribution in [0.3, 0.4) is 0 Å². The first-order valence-corrected chi connectivity index (χ1v) is 12.0. The van der Waals surface area contributed by atoms with Crippen molar-refractivity contribution in [2.75, 3.05) is 18.5 Å². The van der Waals surface area contributed by atoms with Crippen molar-refractivity contribution >= 4 is 66.0 Å². The van der Waals surface area contributed by atoms with E-state index in [1.165, 1.54) is 15.2 Å². The number of nitrogens with zero attached hydrogens (tertiary/aromatic N) is 2. The van der Waals surface area contributed by atoms with Crippen LogP contribution >= 0.6 is 22.7 Å². The number of fused-ring (bicyclic) bond motifs is 2. The predicted octanol–water partition coefficient (Wildman–Crippen LogP) is 4.88. The average molecular weight is 467 g/mol. The number of ether oxygens (including phenoxy) is 1. The molecule has 164 valence electrons. The maximum atomic E-state index is 10.6. The number of carboxylic acid groups (broad SMARTS) is 1. The van der Waals surface area contributed by atoms with Gasteiger partial charge >= 0.3 is 5.97 Å². The molecule has 32 heavy (non-hydrogen) atoms. The van der Waals surface area contributed by atoms with Crippen LogP contribution in [-0.4, -0.2) is 46.3 Å². The van der Waals surface area contributed by atoms with Gasteiger partial charge in [0.2, 0.25) is 0 Å². The average Bonchev–Trinajstić information content (AvgIpc) is 3.40. The molecular weight excluding hydrogens is 444 g/mol. The van der Waals surface area contributed by atoms with Crippen LogP contribution in [-0.2, 0) is 9.53 Å². The van der Waals surface area contributed by atoms with Gasteiger partial charge in [0, 0.05) is 34.2 Å². The van der Waals surface area contributed by atoms with Crippen molar-refractivity contribution in [3.8, 4) is 0 Å². The zero-order chi connectivity index (χ0) is 22.1. The molecule has 9 heteroatoms. The van der Waals surface area contributed by atoms with Crippen molar-refractivity contribution in [2.45, 2.75) is 25.4 Å². The van der Waals surface area contributed by atoms with Gasteiger partial charge in [-0.15, -0.1) is 22.7 Å². The summed E-state index contributed by atoms with van der Waals surface area (Å²) in [6.07, 6.45) is 4.85. The summed E-state index contributed by atoms with van der Waals surface area (Å²) in [6.45, 7) is 2.23. The molecule has 0 amide bonds. The second kappa shape index (κ2) is 8.95. The number of hydrogen-bond donors (Lipinski definition) is 3. The number of benzene rings is 1. The number of nitrogens with one attached hydrogen (secondary N) is 2. The minimum atomic E-state index is -0.946. The number of rotatable bonds is 7. The van der Waals surface area contributed by atoms with E-state index in [1.54, 1.807) is 22.7 Å². The van der Waals surface area contributed by atoms with Gasteiger partial charge in [-0.2, -0.15) is 0 Å². The maximum Gasteiger partial charge on any atom is 0.329 e. The first kappa shape index (κ1) is 21.0. The lowest BCUT2D eigenvalue weighted by Gasteiger charge is -2.28. The number of pyridine rings is 1. The van der Waals surface area contributed by atoms with Crippen LogP contribution in [0.15, 0.2) is 48.1 Å².